The van der Waals surface area contributed by atoms with Gasteiger partial charge < -0.3 is 10.1 Å². The van der Waals surface area contributed by atoms with Crippen LogP contribution in [0.1, 0.15) is 47.8 Å². The van der Waals surface area contributed by atoms with Crippen LogP contribution in [0.3, 0.4) is 0 Å². The Morgan fingerprint density at radius 3 is 3.17 bits per heavy atom. The van der Waals surface area contributed by atoms with Crippen molar-refractivity contribution < 1.29 is 4.74 Å². The molecule has 3 rings (SSSR count). The third kappa shape index (κ3) is 2.60. The fourth-order valence-electron chi connectivity index (χ4n) is 2.99. The van der Waals surface area contributed by atoms with Gasteiger partial charge in [-0.2, -0.15) is 0 Å². The van der Waals surface area contributed by atoms with Crippen LogP contribution < -0.4 is 5.32 Å². The molecule has 0 radical (unpaired) electrons. The number of aromatic nitrogens is 1. The second-order valence-electron chi connectivity index (χ2n) is 5.35. The number of hydrogen-bond donors (Lipinski definition) is 1. The Hall–Kier alpha value is -0.450. The van der Waals surface area contributed by atoms with Gasteiger partial charge in [-0.05, 0) is 38.1 Å². The van der Waals surface area contributed by atoms with Crippen molar-refractivity contribution in [2.24, 2.45) is 5.92 Å². The Morgan fingerprint density at radius 2 is 2.39 bits per heavy atom. The van der Waals surface area contributed by atoms with Crippen LogP contribution in [0.25, 0.3) is 0 Å². The Labute approximate surface area is 113 Å². The van der Waals surface area contributed by atoms with Gasteiger partial charge in [-0.3, -0.25) is 0 Å². The van der Waals surface area contributed by atoms with Crippen LogP contribution in [-0.2, 0) is 17.6 Å². The summed E-state index contributed by atoms with van der Waals surface area (Å²) >= 11 is 1.95. The first-order valence-corrected chi connectivity index (χ1v) is 7.98. The summed E-state index contributed by atoms with van der Waals surface area (Å²) in [5.41, 5.74) is 1.35. The SMILES string of the molecule is CCNC1CCCc2sc(CC3CCOC3)nc21. The molecule has 2 aliphatic rings. The fourth-order valence-corrected chi connectivity index (χ4v) is 4.28. The smallest absolute Gasteiger partial charge is 0.0935 e. The van der Waals surface area contributed by atoms with Crippen LogP contribution in [0.4, 0.5) is 0 Å². The Balaban J connectivity index is 1.73. The van der Waals surface area contributed by atoms with Gasteiger partial charge in [-0.25, -0.2) is 4.98 Å². The van der Waals surface area contributed by atoms with Gasteiger partial charge in [0, 0.05) is 24.5 Å². The average Bonchev–Trinajstić information content (AvgIpc) is 2.99. The molecule has 0 spiro atoms. The summed E-state index contributed by atoms with van der Waals surface area (Å²) in [6.45, 7) is 5.08. The van der Waals surface area contributed by atoms with Gasteiger partial charge in [0.05, 0.1) is 16.7 Å². The van der Waals surface area contributed by atoms with Crippen LogP contribution in [0.15, 0.2) is 0 Å². The Kier molecular flexibility index (Phi) is 3.97. The van der Waals surface area contributed by atoms with E-state index in [0.717, 1.165) is 26.2 Å². The number of rotatable bonds is 4. The first-order chi connectivity index (χ1) is 8.86. The zero-order valence-corrected chi connectivity index (χ0v) is 11.9. The van der Waals surface area contributed by atoms with Crippen LogP contribution in [0, 0.1) is 5.92 Å². The largest absolute Gasteiger partial charge is 0.381 e. The highest BCUT2D eigenvalue weighted by Gasteiger charge is 2.25. The minimum absolute atomic E-state index is 0.503. The Bertz CT molecular complexity index is 398. The van der Waals surface area contributed by atoms with Crippen LogP contribution in [0.5, 0.6) is 0 Å². The van der Waals surface area contributed by atoms with Gasteiger partial charge >= 0.3 is 0 Å². The molecular weight excluding hydrogens is 244 g/mol. The average molecular weight is 266 g/mol. The zero-order valence-electron chi connectivity index (χ0n) is 11.1. The van der Waals surface area contributed by atoms with E-state index in [1.807, 2.05) is 11.3 Å². The summed E-state index contributed by atoms with van der Waals surface area (Å²) in [5.74, 6) is 0.704. The maximum Gasteiger partial charge on any atom is 0.0935 e. The van der Waals surface area contributed by atoms with E-state index in [1.165, 1.54) is 41.3 Å². The quantitative estimate of drug-likeness (QED) is 0.910. The summed E-state index contributed by atoms with van der Waals surface area (Å²) in [5, 5.41) is 4.90. The maximum atomic E-state index is 5.46. The predicted octanol–water partition coefficient (Wildman–Crippen LogP) is 2.71. The van der Waals surface area contributed by atoms with Crippen molar-refractivity contribution in [2.75, 3.05) is 19.8 Å². The molecule has 0 saturated carbocycles. The van der Waals surface area contributed by atoms with Crippen molar-refractivity contribution in [3.63, 3.8) is 0 Å². The minimum Gasteiger partial charge on any atom is -0.381 e. The number of nitrogens with zero attached hydrogens (tertiary/aromatic N) is 1. The van der Waals surface area contributed by atoms with Crippen LogP contribution in [0.2, 0.25) is 0 Å². The van der Waals surface area contributed by atoms with Crippen molar-refractivity contribution in [3.8, 4) is 0 Å². The van der Waals surface area contributed by atoms with Crippen LogP contribution >= 0.6 is 11.3 Å². The van der Waals surface area contributed by atoms with E-state index in [2.05, 4.69) is 12.2 Å². The van der Waals surface area contributed by atoms with E-state index in [1.54, 1.807) is 0 Å². The molecule has 1 fully saturated rings. The lowest BCUT2D eigenvalue weighted by molar-refractivity contribution is 0.186. The highest BCUT2D eigenvalue weighted by molar-refractivity contribution is 7.11. The van der Waals surface area contributed by atoms with Gasteiger partial charge in [0.25, 0.3) is 0 Å². The maximum absolute atomic E-state index is 5.46. The molecule has 1 aromatic rings. The van der Waals surface area contributed by atoms with Crippen molar-refractivity contribution >= 4 is 11.3 Å². The molecule has 2 heterocycles. The van der Waals surface area contributed by atoms with Gasteiger partial charge in [0.2, 0.25) is 0 Å². The number of thiazole rings is 1. The molecule has 0 aromatic carbocycles. The molecule has 0 bridgehead atoms. The van der Waals surface area contributed by atoms with Gasteiger partial charge in [0.1, 0.15) is 0 Å². The van der Waals surface area contributed by atoms with E-state index in [-0.39, 0.29) is 0 Å². The van der Waals surface area contributed by atoms with Crippen molar-refractivity contribution in [3.05, 3.63) is 15.6 Å². The summed E-state index contributed by atoms with van der Waals surface area (Å²) < 4.78 is 5.46. The molecule has 4 heteroatoms. The lowest BCUT2D eigenvalue weighted by Gasteiger charge is -2.21. The van der Waals surface area contributed by atoms with Crippen molar-refractivity contribution in [2.45, 2.75) is 45.1 Å². The molecule has 2 atom stereocenters. The summed E-state index contributed by atoms with van der Waals surface area (Å²) in [7, 11) is 0. The van der Waals surface area contributed by atoms with E-state index in [9.17, 15) is 0 Å². The van der Waals surface area contributed by atoms with Gasteiger partial charge in [-0.15, -0.1) is 11.3 Å². The third-order valence-corrected chi connectivity index (χ3v) is 5.09. The monoisotopic (exact) mass is 266 g/mol. The van der Waals surface area contributed by atoms with Crippen molar-refractivity contribution in [1.29, 1.82) is 0 Å². The van der Waals surface area contributed by atoms with E-state index < -0.39 is 0 Å². The first-order valence-electron chi connectivity index (χ1n) is 7.16. The second-order valence-corrected chi connectivity index (χ2v) is 6.52. The lowest BCUT2D eigenvalue weighted by Crippen LogP contribution is -2.24. The first kappa shape index (κ1) is 12.6. The topological polar surface area (TPSA) is 34.1 Å². The van der Waals surface area contributed by atoms with E-state index in [4.69, 9.17) is 9.72 Å². The molecule has 18 heavy (non-hydrogen) atoms. The summed E-state index contributed by atoms with van der Waals surface area (Å²) in [6.07, 6.45) is 6.11. The van der Waals surface area contributed by atoms with Gasteiger partial charge in [-0.1, -0.05) is 6.92 Å². The fraction of sp³-hybridized carbons (Fsp3) is 0.786. The number of hydrogen-bond acceptors (Lipinski definition) is 4. The summed E-state index contributed by atoms with van der Waals surface area (Å²) in [4.78, 5) is 6.44. The molecular formula is C14H22N2OS. The molecule has 2 unspecified atom stereocenters. The molecule has 100 valence electrons. The summed E-state index contributed by atoms with van der Waals surface area (Å²) in [6, 6.07) is 0.503. The minimum atomic E-state index is 0.503. The third-order valence-electron chi connectivity index (χ3n) is 3.94. The molecule has 1 aliphatic carbocycles. The van der Waals surface area contributed by atoms with Gasteiger partial charge in [0.15, 0.2) is 0 Å². The lowest BCUT2D eigenvalue weighted by atomic mass is 9.97. The number of fused-ring (bicyclic) bond motifs is 1. The molecule has 1 N–H and O–H groups in total. The van der Waals surface area contributed by atoms with E-state index >= 15 is 0 Å². The highest BCUT2D eigenvalue weighted by atomic mass is 32.1. The normalized spacial score (nSPS) is 27.4. The van der Waals surface area contributed by atoms with Crippen molar-refractivity contribution in [1.82, 2.24) is 10.3 Å². The van der Waals surface area contributed by atoms with E-state index in [0.29, 0.717) is 12.0 Å². The highest BCUT2D eigenvalue weighted by Crippen LogP contribution is 2.34. The number of nitrogens with one attached hydrogen (secondary N) is 1. The molecule has 3 nitrogen and oxygen atoms in total. The molecule has 1 aliphatic heterocycles. The molecule has 1 saturated heterocycles. The molecule has 0 amide bonds. The van der Waals surface area contributed by atoms with Crippen LogP contribution in [-0.4, -0.2) is 24.7 Å². The standard InChI is InChI=1S/C14H22N2OS/c1-2-15-11-4-3-5-12-14(11)16-13(18-12)8-10-6-7-17-9-10/h10-11,15H,2-9H2,1H3. The molecule has 1 aromatic heterocycles. The number of ether oxygens (including phenoxy) is 1. The number of aryl methyl sites for hydroxylation is 1. The second kappa shape index (κ2) is 5.68. The Morgan fingerprint density at radius 1 is 1.44 bits per heavy atom. The zero-order chi connectivity index (χ0) is 12.4. The predicted molar refractivity (Wildman–Crippen MR) is 74.1 cm³/mol.